The highest BCUT2D eigenvalue weighted by Crippen LogP contribution is 2.44. The monoisotopic (exact) mass is 434 g/mol. The minimum absolute atomic E-state index is 0.0458. The molecule has 2 aliphatic rings. The van der Waals surface area contributed by atoms with Gasteiger partial charge in [-0.05, 0) is 57.0 Å². The van der Waals surface area contributed by atoms with Gasteiger partial charge in [-0.1, -0.05) is 18.2 Å². The molecule has 0 aromatic heterocycles. The Labute approximate surface area is 189 Å². The zero-order valence-corrected chi connectivity index (χ0v) is 18.6. The van der Waals surface area contributed by atoms with Gasteiger partial charge in [0.15, 0.2) is 0 Å². The van der Waals surface area contributed by atoms with Gasteiger partial charge in [-0.3, -0.25) is 0 Å². The summed E-state index contributed by atoms with van der Waals surface area (Å²) < 4.78 is 6.10. The number of nitrogens with zero attached hydrogens (tertiary/aromatic N) is 3. The molecule has 2 aliphatic heterocycles. The van der Waals surface area contributed by atoms with Crippen LogP contribution < -0.4 is 15.0 Å². The number of carbonyl (C=O) groups is 1. The Morgan fingerprint density at radius 3 is 2.66 bits per heavy atom. The van der Waals surface area contributed by atoms with E-state index in [-0.39, 0.29) is 6.03 Å². The highest BCUT2D eigenvalue weighted by atomic mass is 16.5. The molecule has 2 N–H and O–H groups in total. The van der Waals surface area contributed by atoms with Crippen LogP contribution in [-0.4, -0.2) is 53.9 Å². The number of benzene rings is 2. The zero-order valence-electron chi connectivity index (χ0n) is 18.6. The van der Waals surface area contributed by atoms with Crippen LogP contribution in [0.5, 0.6) is 5.75 Å². The fourth-order valence-corrected chi connectivity index (χ4v) is 4.54. The summed E-state index contributed by atoms with van der Waals surface area (Å²) in [5, 5.41) is 23.8. The highest BCUT2D eigenvalue weighted by Gasteiger charge is 2.45. The first-order valence-electron chi connectivity index (χ1n) is 11.2. The molecule has 2 heterocycles. The Bertz CT molecular complexity index is 996. The van der Waals surface area contributed by atoms with Gasteiger partial charge in [0.25, 0.3) is 0 Å². The second-order valence-corrected chi connectivity index (χ2v) is 8.91. The fraction of sp³-hybridized carbons (Fsp3) is 0.440. The van der Waals surface area contributed by atoms with Crippen molar-refractivity contribution >= 4 is 11.7 Å². The largest absolute Gasteiger partial charge is 0.485 e. The lowest BCUT2D eigenvalue weighted by Gasteiger charge is -2.47. The second kappa shape index (κ2) is 9.09. The normalized spacial score (nSPS) is 21.2. The smallest absolute Gasteiger partial charge is 0.317 e. The van der Waals surface area contributed by atoms with Crippen molar-refractivity contribution in [3.8, 4) is 11.8 Å². The molecule has 2 atom stereocenters. The lowest BCUT2D eigenvalue weighted by atomic mass is 9.84. The Hall–Kier alpha value is -3.24. The van der Waals surface area contributed by atoms with Gasteiger partial charge in [-0.15, -0.1) is 0 Å². The average Bonchev–Trinajstić information content (AvgIpc) is 3.34. The third-order valence-corrected chi connectivity index (χ3v) is 6.29. The summed E-state index contributed by atoms with van der Waals surface area (Å²) in [6, 6.07) is 16.9. The maximum Gasteiger partial charge on any atom is 0.317 e. The number of urea groups is 1. The molecule has 2 aromatic carbocycles. The zero-order chi connectivity index (χ0) is 22.7. The highest BCUT2D eigenvalue weighted by molar-refractivity contribution is 5.74. The van der Waals surface area contributed by atoms with Crippen LogP contribution in [-0.2, 0) is 0 Å². The van der Waals surface area contributed by atoms with Crippen molar-refractivity contribution < 1.29 is 14.6 Å². The van der Waals surface area contributed by atoms with Gasteiger partial charge < -0.3 is 25.0 Å². The topological polar surface area (TPSA) is 88.8 Å². The predicted octanol–water partition coefficient (Wildman–Crippen LogP) is 3.44. The van der Waals surface area contributed by atoms with E-state index in [1.54, 1.807) is 18.2 Å². The van der Waals surface area contributed by atoms with Crippen molar-refractivity contribution in [3.05, 3.63) is 59.7 Å². The molecule has 2 aromatic rings. The van der Waals surface area contributed by atoms with Crippen LogP contribution in [0.25, 0.3) is 0 Å². The number of ether oxygens (including phenoxy) is 1. The van der Waals surface area contributed by atoms with Crippen LogP contribution in [0, 0.1) is 11.3 Å². The van der Waals surface area contributed by atoms with Crippen LogP contribution in [0.2, 0.25) is 0 Å². The van der Waals surface area contributed by atoms with Gasteiger partial charge in [0.05, 0.1) is 17.7 Å². The van der Waals surface area contributed by atoms with Crippen molar-refractivity contribution in [2.24, 2.45) is 0 Å². The number of anilines is 1. The summed E-state index contributed by atoms with van der Waals surface area (Å²) in [5.41, 5.74) is 1.39. The maximum atomic E-state index is 12.5. The van der Waals surface area contributed by atoms with Gasteiger partial charge in [0.1, 0.15) is 17.5 Å². The van der Waals surface area contributed by atoms with E-state index in [4.69, 9.17) is 4.74 Å². The second-order valence-electron chi connectivity index (χ2n) is 8.91. The molecule has 1 saturated heterocycles. The van der Waals surface area contributed by atoms with E-state index in [0.29, 0.717) is 24.4 Å². The third kappa shape index (κ3) is 4.37. The summed E-state index contributed by atoms with van der Waals surface area (Å²) in [4.78, 5) is 16.4. The molecule has 7 nitrogen and oxygen atoms in total. The number of amides is 2. The first-order valence-corrected chi connectivity index (χ1v) is 11.2. The van der Waals surface area contributed by atoms with E-state index in [0.717, 1.165) is 37.2 Å². The van der Waals surface area contributed by atoms with Crippen molar-refractivity contribution in [3.63, 3.8) is 0 Å². The number of hydrogen-bond donors (Lipinski definition) is 2. The molecule has 168 valence electrons. The minimum Gasteiger partial charge on any atom is -0.485 e. The van der Waals surface area contributed by atoms with Crippen molar-refractivity contribution in [1.29, 1.82) is 5.26 Å². The molecule has 32 heavy (non-hydrogen) atoms. The van der Waals surface area contributed by atoms with E-state index in [2.05, 4.69) is 16.3 Å². The molecule has 7 heteroatoms. The van der Waals surface area contributed by atoms with Gasteiger partial charge in [-0.2, -0.15) is 5.26 Å². The minimum atomic E-state index is -0.849. The summed E-state index contributed by atoms with van der Waals surface area (Å²) >= 11 is 0. The van der Waals surface area contributed by atoms with Gasteiger partial charge in [-0.25, -0.2) is 4.79 Å². The SMILES string of the molecule is CC1(C)Oc2ccc(C#N)cc2[C@H](N(CCNC(=O)N2CCCC2)c2ccccc2)[C@H]1O. The Balaban J connectivity index is 1.65. The van der Waals surface area contributed by atoms with E-state index >= 15 is 0 Å². The van der Waals surface area contributed by atoms with Crippen LogP contribution in [0.4, 0.5) is 10.5 Å². The van der Waals surface area contributed by atoms with Crippen molar-refractivity contribution in [2.75, 3.05) is 31.1 Å². The molecule has 1 fully saturated rings. The maximum absolute atomic E-state index is 12.5. The molecule has 0 radical (unpaired) electrons. The fourth-order valence-electron chi connectivity index (χ4n) is 4.54. The lowest BCUT2D eigenvalue weighted by molar-refractivity contribution is -0.0586. The molecular weight excluding hydrogens is 404 g/mol. The molecule has 0 unspecified atom stereocenters. The summed E-state index contributed by atoms with van der Waals surface area (Å²) in [6.45, 7) is 6.25. The van der Waals surface area contributed by atoms with Crippen LogP contribution in [0.1, 0.15) is 43.9 Å². The predicted molar refractivity (Wildman–Crippen MR) is 123 cm³/mol. The number of likely N-dealkylation sites (tertiary alicyclic amines) is 1. The standard InChI is InChI=1S/C25H30N4O3/c1-25(2)23(30)22(20-16-18(17-26)10-11-21(20)32-25)29(19-8-4-3-5-9-19)15-12-27-24(31)28-13-6-7-14-28/h3-5,8-11,16,22-23,30H,6-7,12-15H2,1-2H3,(H,27,31)/t22-,23+/m0/s1. The van der Waals surface area contributed by atoms with Crippen LogP contribution >= 0.6 is 0 Å². The number of rotatable bonds is 5. The van der Waals surface area contributed by atoms with Crippen molar-refractivity contribution in [1.82, 2.24) is 10.2 Å². The van der Waals surface area contributed by atoms with Crippen LogP contribution in [0.3, 0.4) is 0 Å². The van der Waals surface area contributed by atoms with Gasteiger partial charge in [0.2, 0.25) is 0 Å². The van der Waals surface area contributed by atoms with Gasteiger partial charge in [0, 0.05) is 37.4 Å². The molecule has 0 bridgehead atoms. The lowest BCUT2D eigenvalue weighted by Crippen LogP contribution is -2.55. The third-order valence-electron chi connectivity index (χ3n) is 6.29. The number of hydrogen-bond acceptors (Lipinski definition) is 5. The van der Waals surface area contributed by atoms with E-state index < -0.39 is 17.7 Å². The molecule has 0 spiro atoms. The van der Waals surface area contributed by atoms with Gasteiger partial charge >= 0.3 is 6.03 Å². The summed E-state index contributed by atoms with van der Waals surface area (Å²) in [7, 11) is 0. The van der Waals surface area contributed by atoms with E-state index in [9.17, 15) is 15.2 Å². The Morgan fingerprint density at radius 2 is 1.97 bits per heavy atom. The number of aliphatic hydroxyl groups excluding tert-OH is 1. The average molecular weight is 435 g/mol. The molecule has 2 amide bonds. The molecule has 4 rings (SSSR count). The van der Waals surface area contributed by atoms with Crippen molar-refractivity contribution in [2.45, 2.75) is 44.4 Å². The Kier molecular flexibility index (Phi) is 6.24. The number of nitrogens with one attached hydrogen (secondary N) is 1. The summed E-state index contributed by atoms with van der Waals surface area (Å²) in [6.07, 6.45) is 1.24. The first kappa shape index (κ1) is 22.0. The number of para-hydroxylation sites is 1. The number of fused-ring (bicyclic) bond motifs is 1. The van der Waals surface area contributed by atoms with Crippen LogP contribution in [0.15, 0.2) is 48.5 Å². The molecular formula is C25H30N4O3. The van der Waals surface area contributed by atoms with E-state index in [1.807, 2.05) is 49.1 Å². The molecule has 0 aliphatic carbocycles. The number of carbonyl (C=O) groups excluding carboxylic acids is 1. The number of aliphatic hydroxyl groups is 1. The van der Waals surface area contributed by atoms with E-state index in [1.165, 1.54) is 0 Å². The number of nitriles is 1. The first-order chi connectivity index (χ1) is 15.4. The molecule has 0 saturated carbocycles. The summed E-state index contributed by atoms with van der Waals surface area (Å²) in [5.74, 6) is 0.659. The Morgan fingerprint density at radius 1 is 1.25 bits per heavy atom. The quantitative estimate of drug-likeness (QED) is 0.753.